The van der Waals surface area contributed by atoms with Crippen molar-refractivity contribution in [2.45, 2.75) is 45.4 Å². The van der Waals surface area contributed by atoms with Crippen LogP contribution in [-0.4, -0.2) is 20.1 Å². The minimum atomic E-state index is -1.36. The second-order valence-electron chi connectivity index (χ2n) is 11.1. The molecular formula is C34H37BO. The van der Waals surface area contributed by atoms with E-state index in [4.69, 9.17) is 0 Å². The number of hydrogen-bond acceptors (Lipinski definition) is 0. The molecule has 4 aromatic carbocycles. The van der Waals surface area contributed by atoms with Crippen LogP contribution in [0.4, 0.5) is 0 Å². The third-order valence-corrected chi connectivity index (χ3v) is 9.02. The molecule has 1 fully saturated rings. The standard InChI is InChI=1S/C34H37BO/c1-26-17-21-32(22-18-26)35(31-15-7-4-8-16-31)34(30-20-19-27-11-9-10-14-29(27)25-30)33(23-24-36(35)2)28-12-5-3-6-13-28/h4,7-11,14-22,25,28H,3,5-6,12-13,23-24H2,1-2H3. The lowest BCUT2D eigenvalue weighted by atomic mass is 9.25. The van der Waals surface area contributed by atoms with E-state index in [0.717, 1.165) is 13.0 Å². The van der Waals surface area contributed by atoms with Crippen molar-refractivity contribution in [3.8, 4) is 0 Å². The predicted molar refractivity (Wildman–Crippen MR) is 157 cm³/mol. The monoisotopic (exact) mass is 472 g/mol. The van der Waals surface area contributed by atoms with E-state index in [-0.39, 0.29) is 0 Å². The van der Waals surface area contributed by atoms with Gasteiger partial charge in [0.1, 0.15) is 6.61 Å². The van der Waals surface area contributed by atoms with Gasteiger partial charge < -0.3 is 4.28 Å². The summed E-state index contributed by atoms with van der Waals surface area (Å²) in [4.78, 5) is 0. The SMILES string of the molecule is Cc1ccc([B-]2(c3ccccc3)C(c3ccc4ccccc4c3)=C(C3CCCCC3)CC[O+]2C)cc1. The molecule has 0 radical (unpaired) electrons. The lowest BCUT2D eigenvalue weighted by molar-refractivity contribution is 0.0525. The number of rotatable bonds is 4. The average Bonchev–Trinajstić information content (AvgIpc) is 2.94. The maximum Gasteiger partial charge on any atom is 0.377 e. The zero-order chi connectivity index (χ0) is 24.5. The first-order valence-electron chi connectivity index (χ1n) is 13.8. The van der Waals surface area contributed by atoms with Gasteiger partial charge in [-0.25, -0.2) is 0 Å². The maximum absolute atomic E-state index is 3.75. The fourth-order valence-corrected chi connectivity index (χ4v) is 7.25. The Bertz CT molecular complexity index is 1380. The number of benzene rings is 4. The summed E-state index contributed by atoms with van der Waals surface area (Å²) in [7, 11) is 2.28. The molecule has 2 aliphatic rings. The van der Waals surface area contributed by atoms with Crippen molar-refractivity contribution in [3.05, 3.63) is 114 Å². The molecule has 0 aromatic heterocycles. The second-order valence-corrected chi connectivity index (χ2v) is 11.1. The highest BCUT2D eigenvalue weighted by atomic mass is 16.6. The van der Waals surface area contributed by atoms with Gasteiger partial charge in [-0.3, -0.25) is 0 Å². The van der Waals surface area contributed by atoms with Gasteiger partial charge in [-0.2, -0.15) is 0 Å². The van der Waals surface area contributed by atoms with Gasteiger partial charge in [-0.15, -0.1) is 16.4 Å². The van der Waals surface area contributed by atoms with E-state index in [1.54, 1.807) is 11.0 Å². The molecule has 0 spiro atoms. The maximum atomic E-state index is 3.75. The summed E-state index contributed by atoms with van der Waals surface area (Å²) in [5, 5.41) is 2.64. The summed E-state index contributed by atoms with van der Waals surface area (Å²) in [5.41, 5.74) is 8.75. The molecule has 36 heavy (non-hydrogen) atoms. The second kappa shape index (κ2) is 9.75. The Kier molecular flexibility index (Phi) is 6.31. The Balaban J connectivity index is 1.70. The van der Waals surface area contributed by atoms with Crippen LogP contribution < -0.4 is 10.9 Å². The summed E-state index contributed by atoms with van der Waals surface area (Å²) in [6, 6.07) is 36.6. The van der Waals surface area contributed by atoms with Gasteiger partial charge in [-0.05, 0) is 42.5 Å². The molecule has 6 rings (SSSR count). The number of fused-ring (bicyclic) bond motifs is 1. The van der Waals surface area contributed by atoms with Crippen LogP contribution in [0.2, 0.25) is 0 Å². The van der Waals surface area contributed by atoms with Crippen molar-refractivity contribution in [1.82, 2.24) is 0 Å². The fourth-order valence-electron chi connectivity index (χ4n) is 7.25. The first-order chi connectivity index (χ1) is 17.7. The highest BCUT2D eigenvalue weighted by Gasteiger charge is 2.49. The van der Waals surface area contributed by atoms with Crippen molar-refractivity contribution >= 4 is 33.5 Å². The molecule has 0 amide bonds. The Morgan fingerprint density at radius 1 is 0.694 bits per heavy atom. The molecule has 1 aliphatic heterocycles. The summed E-state index contributed by atoms with van der Waals surface area (Å²) < 4.78 is 3.75. The molecule has 0 bridgehead atoms. The first kappa shape index (κ1) is 23.3. The topological polar surface area (TPSA) is 2.70 Å². The molecule has 1 aliphatic carbocycles. The molecule has 1 saturated carbocycles. The van der Waals surface area contributed by atoms with Gasteiger partial charge >= 0.3 is 6.35 Å². The predicted octanol–water partition coefficient (Wildman–Crippen LogP) is 7.37. The fraction of sp³-hybridized carbons (Fsp3) is 0.294. The van der Waals surface area contributed by atoms with Crippen LogP contribution in [0.5, 0.6) is 0 Å². The average molecular weight is 472 g/mol. The minimum absolute atomic E-state index is 0.685. The van der Waals surface area contributed by atoms with E-state index in [2.05, 4.69) is 115 Å². The largest absolute Gasteiger partial charge is 0.662 e. The lowest BCUT2D eigenvalue weighted by Crippen LogP contribution is -2.68. The molecule has 0 saturated heterocycles. The van der Waals surface area contributed by atoms with Crippen molar-refractivity contribution in [1.29, 1.82) is 0 Å². The Hall–Kier alpha value is -3.10. The quantitative estimate of drug-likeness (QED) is 0.216. The van der Waals surface area contributed by atoms with Crippen LogP contribution in [0.25, 0.3) is 16.2 Å². The minimum Gasteiger partial charge on any atom is -0.662 e. The van der Waals surface area contributed by atoms with Gasteiger partial charge in [0.25, 0.3) is 0 Å². The van der Waals surface area contributed by atoms with Crippen LogP contribution in [0.15, 0.2) is 103 Å². The van der Waals surface area contributed by atoms with Gasteiger partial charge in [0, 0.05) is 6.42 Å². The normalized spacial score (nSPS) is 21.7. The van der Waals surface area contributed by atoms with Crippen LogP contribution in [0, 0.1) is 12.8 Å². The zero-order valence-corrected chi connectivity index (χ0v) is 21.8. The molecule has 0 N–H and O–H groups in total. The Morgan fingerprint density at radius 3 is 2.11 bits per heavy atom. The molecule has 1 heterocycles. The summed E-state index contributed by atoms with van der Waals surface area (Å²) in [5.74, 6) is 0.685. The van der Waals surface area contributed by atoms with Gasteiger partial charge in [-0.1, -0.05) is 127 Å². The number of aryl methyl sites for hydroxylation is 1. The van der Waals surface area contributed by atoms with E-state index in [0.29, 0.717) is 5.92 Å². The smallest absolute Gasteiger partial charge is 0.377 e. The third-order valence-electron chi connectivity index (χ3n) is 9.02. The first-order valence-corrected chi connectivity index (χ1v) is 13.8. The Morgan fingerprint density at radius 2 is 1.36 bits per heavy atom. The summed E-state index contributed by atoms with van der Waals surface area (Å²) in [6.45, 7) is 3.21. The zero-order valence-electron chi connectivity index (χ0n) is 21.8. The highest BCUT2D eigenvalue weighted by Crippen LogP contribution is 2.45. The van der Waals surface area contributed by atoms with E-state index >= 15 is 0 Å². The molecule has 1 unspecified atom stereocenters. The summed E-state index contributed by atoms with van der Waals surface area (Å²) in [6.07, 6.45) is 6.54. The van der Waals surface area contributed by atoms with Crippen molar-refractivity contribution in [2.24, 2.45) is 5.92 Å². The summed E-state index contributed by atoms with van der Waals surface area (Å²) >= 11 is 0. The van der Waals surface area contributed by atoms with Crippen LogP contribution >= 0.6 is 0 Å². The van der Waals surface area contributed by atoms with Crippen molar-refractivity contribution < 1.29 is 4.28 Å². The van der Waals surface area contributed by atoms with Gasteiger partial charge in [0.2, 0.25) is 0 Å². The lowest BCUT2D eigenvalue weighted by Gasteiger charge is -2.53. The van der Waals surface area contributed by atoms with Gasteiger partial charge in [0.15, 0.2) is 0 Å². The van der Waals surface area contributed by atoms with Crippen LogP contribution in [0.3, 0.4) is 0 Å². The van der Waals surface area contributed by atoms with E-state index in [1.165, 1.54) is 64.9 Å². The third kappa shape index (κ3) is 3.93. The van der Waals surface area contributed by atoms with Crippen LogP contribution in [0.1, 0.15) is 49.7 Å². The molecule has 182 valence electrons. The van der Waals surface area contributed by atoms with E-state index in [1.807, 2.05) is 0 Å². The molecular weight excluding hydrogens is 435 g/mol. The molecule has 4 aromatic rings. The molecule has 2 heteroatoms. The molecule has 1 nitrogen and oxygen atoms in total. The van der Waals surface area contributed by atoms with Crippen molar-refractivity contribution in [3.63, 3.8) is 0 Å². The van der Waals surface area contributed by atoms with Crippen LogP contribution in [-0.2, 0) is 4.28 Å². The van der Waals surface area contributed by atoms with Gasteiger partial charge in [0.05, 0.1) is 7.11 Å². The highest BCUT2D eigenvalue weighted by molar-refractivity contribution is 7.11. The van der Waals surface area contributed by atoms with Crippen molar-refractivity contribution in [2.75, 3.05) is 13.7 Å². The number of hydrogen-bond donors (Lipinski definition) is 0. The van der Waals surface area contributed by atoms with E-state index in [9.17, 15) is 0 Å². The molecule has 1 atom stereocenters. The Labute approximate surface area is 216 Å². The van der Waals surface area contributed by atoms with E-state index < -0.39 is 6.35 Å².